The molecule has 0 aliphatic heterocycles. The lowest BCUT2D eigenvalue weighted by Gasteiger charge is -2.22. The van der Waals surface area contributed by atoms with Crippen molar-refractivity contribution in [2.45, 2.75) is 32.9 Å². The summed E-state index contributed by atoms with van der Waals surface area (Å²) in [7, 11) is 0. The van der Waals surface area contributed by atoms with Crippen LogP contribution in [0.25, 0.3) is 10.8 Å². The molecule has 3 rings (SSSR count). The lowest BCUT2D eigenvalue weighted by Crippen LogP contribution is -2.49. The fourth-order valence-electron chi connectivity index (χ4n) is 3.18. The second-order valence-electron chi connectivity index (χ2n) is 7.18. The van der Waals surface area contributed by atoms with Crippen molar-refractivity contribution in [2.24, 2.45) is 5.92 Å². The van der Waals surface area contributed by atoms with Crippen LogP contribution in [0.2, 0.25) is 0 Å². The number of nitrogens with one attached hydrogen (secondary N) is 2. The molecule has 0 fully saturated rings. The van der Waals surface area contributed by atoms with Gasteiger partial charge in [0.05, 0.1) is 6.42 Å². The summed E-state index contributed by atoms with van der Waals surface area (Å²) in [5.41, 5.74) is 1.92. The molecule has 5 heteroatoms. The summed E-state index contributed by atoms with van der Waals surface area (Å²) >= 11 is 0. The van der Waals surface area contributed by atoms with Crippen LogP contribution in [0.15, 0.2) is 67.0 Å². The largest absolute Gasteiger partial charge is 0.350 e. The van der Waals surface area contributed by atoms with Gasteiger partial charge in [0.15, 0.2) is 0 Å². The predicted octanol–water partition coefficient (Wildman–Crippen LogP) is 3.23. The molecule has 0 saturated carbocycles. The third kappa shape index (κ3) is 4.94. The van der Waals surface area contributed by atoms with Gasteiger partial charge in [-0.25, -0.2) is 0 Å². The Morgan fingerprint density at radius 1 is 0.964 bits per heavy atom. The number of amides is 2. The highest BCUT2D eigenvalue weighted by Gasteiger charge is 2.24. The average molecular weight is 375 g/mol. The molecular formula is C23H25N3O2. The molecule has 1 heterocycles. The maximum absolute atomic E-state index is 12.7. The van der Waals surface area contributed by atoms with Crippen LogP contribution in [-0.4, -0.2) is 22.8 Å². The number of hydrogen-bond acceptors (Lipinski definition) is 3. The molecule has 1 atom stereocenters. The molecule has 1 aromatic heterocycles. The zero-order chi connectivity index (χ0) is 19.9. The van der Waals surface area contributed by atoms with Gasteiger partial charge in [-0.2, -0.15) is 0 Å². The van der Waals surface area contributed by atoms with Gasteiger partial charge in [0.2, 0.25) is 11.8 Å². The lowest BCUT2D eigenvalue weighted by molar-refractivity contribution is -0.129. The van der Waals surface area contributed by atoms with Gasteiger partial charge in [0.1, 0.15) is 6.04 Å². The van der Waals surface area contributed by atoms with E-state index in [9.17, 15) is 9.59 Å². The standard InChI is InChI=1S/C23H25N3O2/c1-16(2)22(23(28)25-15-17-10-12-24-13-11-17)26-21(27)14-19-8-5-7-18-6-3-4-9-20(18)19/h3-13,16,22H,14-15H2,1-2H3,(H,25,28)(H,26,27)/t22-/m0/s1. The molecule has 2 N–H and O–H groups in total. The third-order valence-corrected chi connectivity index (χ3v) is 4.71. The van der Waals surface area contributed by atoms with Crippen molar-refractivity contribution in [3.8, 4) is 0 Å². The maximum atomic E-state index is 12.7. The second kappa shape index (κ2) is 9.13. The lowest BCUT2D eigenvalue weighted by atomic mass is 10.00. The monoisotopic (exact) mass is 375 g/mol. The van der Waals surface area contributed by atoms with Gasteiger partial charge in [-0.05, 0) is 39.9 Å². The number of aromatic nitrogens is 1. The molecule has 2 aromatic carbocycles. The molecule has 2 amide bonds. The van der Waals surface area contributed by atoms with Crippen molar-refractivity contribution >= 4 is 22.6 Å². The molecule has 3 aromatic rings. The first-order chi connectivity index (χ1) is 13.5. The van der Waals surface area contributed by atoms with E-state index in [2.05, 4.69) is 15.6 Å². The van der Waals surface area contributed by atoms with Crippen LogP contribution in [0.4, 0.5) is 0 Å². The van der Waals surface area contributed by atoms with Crippen LogP contribution in [-0.2, 0) is 22.6 Å². The highest BCUT2D eigenvalue weighted by Crippen LogP contribution is 2.19. The Morgan fingerprint density at radius 3 is 2.43 bits per heavy atom. The van der Waals surface area contributed by atoms with Crippen LogP contribution in [0, 0.1) is 5.92 Å². The molecule has 0 aliphatic carbocycles. The average Bonchev–Trinajstić information content (AvgIpc) is 2.71. The van der Waals surface area contributed by atoms with Crippen LogP contribution < -0.4 is 10.6 Å². The Labute approximate surface area is 165 Å². The zero-order valence-corrected chi connectivity index (χ0v) is 16.2. The molecule has 0 bridgehead atoms. The summed E-state index contributed by atoms with van der Waals surface area (Å²) in [6, 6.07) is 17.0. The number of fused-ring (bicyclic) bond motifs is 1. The van der Waals surface area contributed by atoms with Crippen molar-refractivity contribution in [3.05, 3.63) is 78.1 Å². The van der Waals surface area contributed by atoms with Gasteiger partial charge in [0.25, 0.3) is 0 Å². The number of pyridine rings is 1. The molecular weight excluding hydrogens is 350 g/mol. The summed E-state index contributed by atoms with van der Waals surface area (Å²) in [5, 5.41) is 7.96. The Morgan fingerprint density at radius 2 is 1.68 bits per heavy atom. The highest BCUT2D eigenvalue weighted by molar-refractivity contribution is 5.92. The van der Waals surface area contributed by atoms with E-state index in [-0.39, 0.29) is 24.2 Å². The number of carbonyl (C=O) groups is 2. The molecule has 0 saturated heterocycles. The van der Waals surface area contributed by atoms with E-state index >= 15 is 0 Å². The molecule has 5 nitrogen and oxygen atoms in total. The van der Waals surface area contributed by atoms with Gasteiger partial charge in [-0.15, -0.1) is 0 Å². The van der Waals surface area contributed by atoms with Gasteiger partial charge in [0, 0.05) is 18.9 Å². The quantitative estimate of drug-likeness (QED) is 0.666. The Balaban J connectivity index is 1.64. The smallest absolute Gasteiger partial charge is 0.243 e. The van der Waals surface area contributed by atoms with Crippen LogP contribution in [0.3, 0.4) is 0 Å². The van der Waals surface area contributed by atoms with Gasteiger partial charge in [-0.1, -0.05) is 56.3 Å². The minimum atomic E-state index is -0.579. The van der Waals surface area contributed by atoms with E-state index < -0.39 is 6.04 Å². The van der Waals surface area contributed by atoms with Gasteiger partial charge >= 0.3 is 0 Å². The fraction of sp³-hybridized carbons (Fsp3) is 0.261. The van der Waals surface area contributed by atoms with E-state index in [1.165, 1.54) is 0 Å². The normalized spacial score (nSPS) is 12.0. The molecule has 144 valence electrons. The maximum Gasteiger partial charge on any atom is 0.243 e. The number of rotatable bonds is 7. The van der Waals surface area contributed by atoms with Crippen LogP contribution in [0.5, 0.6) is 0 Å². The number of benzene rings is 2. The number of nitrogens with zero attached hydrogens (tertiary/aromatic N) is 1. The third-order valence-electron chi connectivity index (χ3n) is 4.71. The molecule has 0 unspecified atom stereocenters. The van der Waals surface area contributed by atoms with Gasteiger partial charge < -0.3 is 10.6 Å². The first kappa shape index (κ1) is 19.5. The van der Waals surface area contributed by atoms with Crippen molar-refractivity contribution in [2.75, 3.05) is 0 Å². The van der Waals surface area contributed by atoms with E-state index in [0.717, 1.165) is 21.9 Å². The highest BCUT2D eigenvalue weighted by atomic mass is 16.2. The minimum Gasteiger partial charge on any atom is -0.350 e. The first-order valence-corrected chi connectivity index (χ1v) is 9.47. The second-order valence-corrected chi connectivity index (χ2v) is 7.18. The first-order valence-electron chi connectivity index (χ1n) is 9.47. The molecule has 0 spiro atoms. The Kier molecular flexibility index (Phi) is 6.37. The summed E-state index contributed by atoms with van der Waals surface area (Å²) < 4.78 is 0. The summed E-state index contributed by atoms with van der Waals surface area (Å²) in [6.45, 7) is 4.26. The fourth-order valence-corrected chi connectivity index (χ4v) is 3.18. The number of carbonyl (C=O) groups excluding carboxylic acids is 2. The SMILES string of the molecule is CC(C)[C@H](NC(=O)Cc1cccc2ccccc12)C(=O)NCc1ccncc1. The van der Waals surface area contributed by atoms with E-state index in [4.69, 9.17) is 0 Å². The topological polar surface area (TPSA) is 71.1 Å². The molecule has 0 aliphatic rings. The van der Waals surface area contributed by atoms with E-state index in [1.54, 1.807) is 12.4 Å². The Bertz CT molecular complexity index is 949. The van der Waals surface area contributed by atoms with Crippen LogP contribution >= 0.6 is 0 Å². The van der Waals surface area contributed by atoms with Crippen LogP contribution in [0.1, 0.15) is 25.0 Å². The summed E-state index contributed by atoms with van der Waals surface area (Å²) in [5.74, 6) is -0.360. The van der Waals surface area contributed by atoms with Crippen molar-refractivity contribution in [1.82, 2.24) is 15.6 Å². The van der Waals surface area contributed by atoms with E-state index in [0.29, 0.717) is 6.54 Å². The molecule has 0 radical (unpaired) electrons. The summed E-state index contributed by atoms with van der Waals surface area (Å²) in [6.07, 6.45) is 3.61. The minimum absolute atomic E-state index is 0.0195. The Hall–Kier alpha value is -3.21. The van der Waals surface area contributed by atoms with Crippen molar-refractivity contribution in [1.29, 1.82) is 0 Å². The summed E-state index contributed by atoms with van der Waals surface area (Å²) in [4.78, 5) is 29.2. The zero-order valence-electron chi connectivity index (χ0n) is 16.2. The van der Waals surface area contributed by atoms with Crippen molar-refractivity contribution < 1.29 is 9.59 Å². The van der Waals surface area contributed by atoms with Gasteiger partial charge in [-0.3, -0.25) is 14.6 Å². The number of hydrogen-bond donors (Lipinski definition) is 2. The predicted molar refractivity (Wildman–Crippen MR) is 111 cm³/mol. The van der Waals surface area contributed by atoms with E-state index in [1.807, 2.05) is 68.4 Å². The molecule has 28 heavy (non-hydrogen) atoms. The van der Waals surface area contributed by atoms with Crippen molar-refractivity contribution in [3.63, 3.8) is 0 Å².